The Morgan fingerprint density at radius 2 is 1.81 bits per heavy atom. The van der Waals surface area contributed by atoms with Crippen LogP contribution in [0.1, 0.15) is 43.0 Å². The number of nitrogens with zero attached hydrogens (tertiary/aromatic N) is 3. The van der Waals surface area contributed by atoms with Gasteiger partial charge in [0.1, 0.15) is 5.69 Å². The molecule has 2 aromatic heterocycles. The van der Waals surface area contributed by atoms with Crippen molar-refractivity contribution in [1.82, 2.24) is 15.0 Å². The molecule has 0 spiro atoms. The van der Waals surface area contributed by atoms with Crippen LogP contribution in [0.5, 0.6) is 5.88 Å². The number of fused-ring (bicyclic) bond motifs is 1. The van der Waals surface area contributed by atoms with Crippen LogP contribution in [0.4, 0.5) is 0 Å². The van der Waals surface area contributed by atoms with Crippen molar-refractivity contribution in [3.05, 3.63) is 76.3 Å². The summed E-state index contributed by atoms with van der Waals surface area (Å²) < 4.78 is 5.81. The molecule has 0 saturated heterocycles. The second-order valence-electron chi connectivity index (χ2n) is 7.31. The molecule has 2 heterocycles. The molecule has 0 bridgehead atoms. The summed E-state index contributed by atoms with van der Waals surface area (Å²) in [6.07, 6.45) is 8.61. The fourth-order valence-corrected chi connectivity index (χ4v) is 4.22. The lowest BCUT2D eigenvalue weighted by molar-refractivity contribution is 0.328. The van der Waals surface area contributed by atoms with E-state index in [9.17, 15) is 0 Å². The van der Waals surface area contributed by atoms with Crippen molar-refractivity contribution >= 4 is 28.4 Å². The van der Waals surface area contributed by atoms with Crippen LogP contribution in [0.3, 0.4) is 0 Å². The first-order chi connectivity index (χ1) is 15.3. The maximum Gasteiger partial charge on any atom is 0.241 e. The molecule has 0 aliphatic carbocycles. The number of aryl methyl sites for hydroxylation is 2. The molecular formula is C26H27N3OS. The van der Waals surface area contributed by atoms with Crippen LogP contribution < -0.4 is 4.74 Å². The summed E-state index contributed by atoms with van der Waals surface area (Å²) in [5, 5.41) is 3.41. The minimum Gasteiger partial charge on any atom is -0.476 e. The van der Waals surface area contributed by atoms with Crippen LogP contribution in [-0.2, 0) is 12.8 Å². The van der Waals surface area contributed by atoms with E-state index in [1.807, 2.05) is 31.2 Å². The quantitative estimate of drug-likeness (QED) is 0.276. The van der Waals surface area contributed by atoms with Crippen molar-refractivity contribution < 1.29 is 4.74 Å². The number of allylic oxidation sites excluding steroid dienone is 1. The maximum atomic E-state index is 5.81. The summed E-state index contributed by atoms with van der Waals surface area (Å²) in [6.45, 7) is 4.67. The molecular weight excluding hydrogens is 402 g/mol. The van der Waals surface area contributed by atoms with Gasteiger partial charge in [0.15, 0.2) is 0 Å². The molecule has 0 radical (unpaired) electrons. The van der Waals surface area contributed by atoms with Crippen molar-refractivity contribution in [3.8, 4) is 17.1 Å². The van der Waals surface area contributed by atoms with Crippen LogP contribution in [-0.4, -0.2) is 21.6 Å². The highest BCUT2D eigenvalue weighted by Gasteiger charge is 2.12. The van der Waals surface area contributed by atoms with E-state index >= 15 is 0 Å². The Balaban J connectivity index is 1.47. The lowest BCUT2D eigenvalue weighted by Gasteiger charge is -2.10. The molecule has 2 aromatic carbocycles. The molecule has 4 nitrogen and oxygen atoms in total. The van der Waals surface area contributed by atoms with Gasteiger partial charge in [0.25, 0.3) is 0 Å². The highest BCUT2D eigenvalue weighted by Crippen LogP contribution is 2.29. The average molecular weight is 430 g/mol. The molecule has 4 aromatic rings. The lowest BCUT2D eigenvalue weighted by Crippen LogP contribution is -2.00. The molecule has 0 unspecified atom stereocenters. The van der Waals surface area contributed by atoms with Gasteiger partial charge >= 0.3 is 0 Å². The molecule has 0 atom stereocenters. The number of hydrogen-bond donors (Lipinski definition) is 0. The van der Waals surface area contributed by atoms with Crippen LogP contribution in [0.25, 0.3) is 28.4 Å². The van der Waals surface area contributed by atoms with E-state index in [1.54, 1.807) is 11.3 Å². The molecule has 0 aliphatic heterocycles. The number of unbranched alkanes of at least 4 members (excludes halogenated alkanes) is 1. The predicted octanol–water partition coefficient (Wildman–Crippen LogP) is 6.75. The summed E-state index contributed by atoms with van der Waals surface area (Å²) in [6, 6.07) is 16.3. The molecule has 0 N–H and O–H groups in total. The predicted molar refractivity (Wildman–Crippen MR) is 130 cm³/mol. The van der Waals surface area contributed by atoms with Gasteiger partial charge in [-0.1, -0.05) is 49.4 Å². The molecule has 0 fully saturated rings. The average Bonchev–Trinajstić information content (AvgIpc) is 3.27. The van der Waals surface area contributed by atoms with Crippen molar-refractivity contribution in [2.24, 2.45) is 0 Å². The molecule has 158 valence electrons. The van der Waals surface area contributed by atoms with Gasteiger partial charge in [-0.25, -0.2) is 15.0 Å². The standard InChI is InChI=1S/C26H27N3OS/c1-3-24-27-21(18-31-24)14-7-5-6-11-19-12-10-13-20(17-19)25-26(30-4-2)29-23-16-9-8-15-22(23)28-25/h6,8-13,15-18H,3-5,7,14H2,1-2H3/b11-6+. The van der Waals surface area contributed by atoms with Crippen LogP contribution >= 0.6 is 11.3 Å². The van der Waals surface area contributed by atoms with E-state index in [0.717, 1.165) is 53.5 Å². The van der Waals surface area contributed by atoms with E-state index in [4.69, 9.17) is 9.72 Å². The molecule has 0 aliphatic rings. The molecule has 31 heavy (non-hydrogen) atoms. The summed E-state index contributed by atoms with van der Waals surface area (Å²) >= 11 is 1.76. The number of aromatic nitrogens is 3. The van der Waals surface area contributed by atoms with Crippen molar-refractivity contribution in [1.29, 1.82) is 0 Å². The first-order valence-electron chi connectivity index (χ1n) is 10.9. The second-order valence-corrected chi connectivity index (χ2v) is 8.25. The fraction of sp³-hybridized carbons (Fsp3) is 0.269. The van der Waals surface area contributed by atoms with Gasteiger partial charge in [-0.15, -0.1) is 11.3 Å². The monoisotopic (exact) mass is 429 g/mol. The zero-order valence-electron chi connectivity index (χ0n) is 18.0. The molecule has 4 rings (SSSR count). The van der Waals surface area contributed by atoms with E-state index in [1.165, 1.54) is 10.7 Å². The SMILES string of the molecule is CCOc1nc2ccccc2nc1-c1cccc(/C=C/CCCc2csc(CC)n2)c1. The summed E-state index contributed by atoms with van der Waals surface area (Å²) in [5.74, 6) is 0.581. The maximum absolute atomic E-state index is 5.81. The Morgan fingerprint density at radius 3 is 2.58 bits per heavy atom. The van der Waals surface area contributed by atoms with Gasteiger partial charge in [-0.2, -0.15) is 0 Å². The summed E-state index contributed by atoms with van der Waals surface area (Å²) in [5.41, 5.74) is 5.88. The smallest absolute Gasteiger partial charge is 0.241 e. The Bertz CT molecular complexity index is 1180. The zero-order valence-corrected chi connectivity index (χ0v) is 18.9. The van der Waals surface area contributed by atoms with Crippen LogP contribution in [0.2, 0.25) is 0 Å². The number of para-hydroxylation sites is 2. The van der Waals surface area contributed by atoms with E-state index in [2.05, 4.69) is 58.7 Å². The van der Waals surface area contributed by atoms with Crippen molar-refractivity contribution in [3.63, 3.8) is 0 Å². The van der Waals surface area contributed by atoms with Crippen LogP contribution in [0, 0.1) is 0 Å². The van der Waals surface area contributed by atoms with Gasteiger partial charge in [0, 0.05) is 10.9 Å². The number of hydrogen-bond acceptors (Lipinski definition) is 5. The Kier molecular flexibility index (Phi) is 7.05. The Hall–Kier alpha value is -3.05. The number of benzene rings is 2. The lowest BCUT2D eigenvalue weighted by atomic mass is 10.1. The van der Waals surface area contributed by atoms with Gasteiger partial charge in [-0.3, -0.25) is 0 Å². The van der Waals surface area contributed by atoms with Gasteiger partial charge in [-0.05, 0) is 56.4 Å². The highest BCUT2D eigenvalue weighted by molar-refractivity contribution is 7.09. The Labute approximate surface area is 187 Å². The minimum absolute atomic E-state index is 0.554. The third-order valence-electron chi connectivity index (χ3n) is 5.00. The number of rotatable bonds is 9. The molecule has 0 amide bonds. The first kappa shape index (κ1) is 21.2. The van der Waals surface area contributed by atoms with E-state index in [0.29, 0.717) is 12.5 Å². The van der Waals surface area contributed by atoms with Gasteiger partial charge in [0.05, 0.1) is 28.3 Å². The van der Waals surface area contributed by atoms with Crippen LogP contribution in [0.15, 0.2) is 60.0 Å². The second kappa shape index (κ2) is 10.3. The van der Waals surface area contributed by atoms with E-state index < -0.39 is 0 Å². The topological polar surface area (TPSA) is 47.9 Å². The largest absolute Gasteiger partial charge is 0.476 e. The van der Waals surface area contributed by atoms with Gasteiger partial charge in [0.2, 0.25) is 5.88 Å². The molecule has 0 saturated carbocycles. The first-order valence-corrected chi connectivity index (χ1v) is 11.7. The third kappa shape index (κ3) is 5.36. The zero-order chi connectivity index (χ0) is 21.5. The van der Waals surface area contributed by atoms with Crippen molar-refractivity contribution in [2.45, 2.75) is 39.5 Å². The summed E-state index contributed by atoms with van der Waals surface area (Å²) in [7, 11) is 0. The number of thiazole rings is 1. The number of ether oxygens (including phenoxy) is 1. The minimum atomic E-state index is 0.554. The fourth-order valence-electron chi connectivity index (χ4n) is 3.45. The van der Waals surface area contributed by atoms with Crippen molar-refractivity contribution in [2.75, 3.05) is 6.61 Å². The summed E-state index contributed by atoms with van der Waals surface area (Å²) in [4.78, 5) is 14.2. The molecule has 5 heteroatoms. The van der Waals surface area contributed by atoms with E-state index in [-0.39, 0.29) is 0 Å². The third-order valence-corrected chi connectivity index (χ3v) is 6.04. The van der Waals surface area contributed by atoms with Gasteiger partial charge < -0.3 is 4.74 Å². The highest BCUT2D eigenvalue weighted by atomic mass is 32.1. The normalized spacial score (nSPS) is 11.4. The Morgan fingerprint density at radius 1 is 0.968 bits per heavy atom.